The maximum Gasteiger partial charge on any atom is 0.140 e. The lowest BCUT2D eigenvalue weighted by molar-refractivity contribution is 1.17. The van der Waals surface area contributed by atoms with Gasteiger partial charge in [0.2, 0.25) is 0 Å². The van der Waals surface area contributed by atoms with E-state index >= 15 is 0 Å². The first-order valence-corrected chi connectivity index (χ1v) is 8.00. The summed E-state index contributed by atoms with van der Waals surface area (Å²) in [7, 11) is 0. The summed E-state index contributed by atoms with van der Waals surface area (Å²) in [6.07, 6.45) is 7.14. The zero-order chi connectivity index (χ0) is 16.8. The highest BCUT2D eigenvalue weighted by molar-refractivity contribution is 5.95. The second kappa shape index (κ2) is 5.24. The summed E-state index contributed by atoms with van der Waals surface area (Å²) < 4.78 is 0. The van der Waals surface area contributed by atoms with Crippen LogP contribution in [0.5, 0.6) is 0 Å². The monoisotopic (exact) mass is 326 g/mol. The van der Waals surface area contributed by atoms with Gasteiger partial charge < -0.3 is 10.3 Å². The number of pyridine rings is 3. The fourth-order valence-corrected chi connectivity index (χ4v) is 3.16. The zero-order valence-electron chi connectivity index (χ0n) is 13.5. The lowest BCUT2D eigenvalue weighted by atomic mass is 10.1. The minimum Gasteiger partial charge on any atom is -0.338 e. The Bertz CT molecular complexity index is 1040. The number of aromatic amines is 1. The van der Waals surface area contributed by atoms with Crippen molar-refractivity contribution in [3.63, 3.8) is 0 Å². The fourth-order valence-electron chi connectivity index (χ4n) is 3.16. The molecule has 6 nitrogen and oxygen atoms in total. The van der Waals surface area contributed by atoms with E-state index in [4.69, 9.17) is 4.98 Å². The van der Waals surface area contributed by atoms with Crippen molar-refractivity contribution in [1.82, 2.24) is 24.9 Å². The molecule has 0 bridgehead atoms. The highest BCUT2D eigenvalue weighted by Crippen LogP contribution is 2.42. The number of aryl methyl sites for hydroxylation is 1. The van der Waals surface area contributed by atoms with Crippen LogP contribution in [0.4, 0.5) is 11.5 Å². The van der Waals surface area contributed by atoms with Gasteiger partial charge in [-0.1, -0.05) is 0 Å². The van der Waals surface area contributed by atoms with Gasteiger partial charge in [0.05, 0.1) is 17.6 Å². The van der Waals surface area contributed by atoms with Crippen LogP contribution in [0, 0.1) is 6.92 Å². The number of aromatic nitrogens is 5. The van der Waals surface area contributed by atoms with Crippen molar-refractivity contribution in [3.8, 4) is 33.9 Å². The molecular formula is C19H14N6. The summed E-state index contributed by atoms with van der Waals surface area (Å²) in [5, 5.41) is 3.36. The Kier molecular flexibility index (Phi) is 2.90. The van der Waals surface area contributed by atoms with Crippen molar-refractivity contribution in [2.45, 2.75) is 6.92 Å². The van der Waals surface area contributed by atoms with E-state index in [9.17, 15) is 0 Å². The second-order valence-corrected chi connectivity index (χ2v) is 5.89. The third kappa shape index (κ3) is 2.11. The van der Waals surface area contributed by atoms with Crippen molar-refractivity contribution in [1.29, 1.82) is 0 Å². The number of nitrogens with zero attached hydrogens (tertiary/aromatic N) is 4. The quantitative estimate of drug-likeness (QED) is 0.487. The van der Waals surface area contributed by atoms with Gasteiger partial charge in [-0.2, -0.15) is 0 Å². The van der Waals surface area contributed by atoms with E-state index in [1.807, 2.05) is 37.3 Å². The van der Waals surface area contributed by atoms with Crippen LogP contribution in [0.1, 0.15) is 5.69 Å². The number of rotatable bonds is 1. The van der Waals surface area contributed by atoms with Gasteiger partial charge in [-0.25, -0.2) is 9.97 Å². The minimum absolute atomic E-state index is 0.774. The van der Waals surface area contributed by atoms with Crippen LogP contribution < -0.4 is 5.32 Å². The summed E-state index contributed by atoms with van der Waals surface area (Å²) >= 11 is 0. The Hall–Kier alpha value is -3.54. The zero-order valence-corrected chi connectivity index (χ0v) is 13.5. The van der Waals surface area contributed by atoms with Gasteiger partial charge in [0.15, 0.2) is 0 Å². The lowest BCUT2D eigenvalue weighted by Crippen LogP contribution is -1.96. The molecule has 2 N–H and O–H groups in total. The topological polar surface area (TPSA) is 79.4 Å². The molecule has 0 radical (unpaired) electrons. The number of fused-ring (bicyclic) bond motifs is 5. The van der Waals surface area contributed by atoms with Gasteiger partial charge in [0.1, 0.15) is 17.3 Å². The molecule has 0 amide bonds. The van der Waals surface area contributed by atoms with Crippen molar-refractivity contribution in [3.05, 3.63) is 60.8 Å². The third-order valence-electron chi connectivity index (χ3n) is 4.37. The van der Waals surface area contributed by atoms with Crippen molar-refractivity contribution in [2.75, 3.05) is 5.32 Å². The van der Waals surface area contributed by atoms with Crippen LogP contribution in [0.25, 0.3) is 33.9 Å². The van der Waals surface area contributed by atoms with E-state index in [1.165, 1.54) is 0 Å². The molecular weight excluding hydrogens is 312 g/mol. The van der Waals surface area contributed by atoms with Gasteiger partial charge in [-0.05, 0) is 37.3 Å². The fraction of sp³-hybridized carbons (Fsp3) is 0.0526. The molecule has 0 aliphatic carbocycles. The van der Waals surface area contributed by atoms with E-state index in [0.717, 1.165) is 51.1 Å². The van der Waals surface area contributed by atoms with Gasteiger partial charge in [0, 0.05) is 41.0 Å². The van der Waals surface area contributed by atoms with Crippen molar-refractivity contribution in [2.24, 2.45) is 0 Å². The lowest BCUT2D eigenvalue weighted by Gasteiger charge is -2.08. The molecule has 5 rings (SSSR count). The highest BCUT2D eigenvalue weighted by Gasteiger charge is 2.24. The Morgan fingerprint density at radius 1 is 0.880 bits per heavy atom. The molecule has 0 fully saturated rings. The molecule has 25 heavy (non-hydrogen) atoms. The number of hydrogen-bond acceptors (Lipinski definition) is 5. The van der Waals surface area contributed by atoms with E-state index in [-0.39, 0.29) is 0 Å². The average Bonchev–Trinajstić information content (AvgIpc) is 3.03. The molecule has 120 valence electrons. The number of hydrogen-bond donors (Lipinski definition) is 2. The number of H-pyrrole nitrogens is 1. The molecule has 1 aliphatic rings. The molecule has 4 aromatic heterocycles. The molecule has 1 aliphatic heterocycles. The van der Waals surface area contributed by atoms with Crippen LogP contribution in [0.3, 0.4) is 0 Å². The largest absolute Gasteiger partial charge is 0.338 e. The number of nitrogens with one attached hydrogen (secondary N) is 2. The summed E-state index contributed by atoms with van der Waals surface area (Å²) in [5.74, 6) is 1.58. The normalized spacial score (nSPS) is 11.7. The molecule has 6 heteroatoms. The van der Waals surface area contributed by atoms with Crippen LogP contribution in [0.2, 0.25) is 0 Å². The molecule has 0 saturated heterocycles. The SMILES string of the molecule is Cc1ncccc1-c1nc2c([nH]1)-c1ccncc1Nc1ncccc1-2. The van der Waals surface area contributed by atoms with Gasteiger partial charge in [0.25, 0.3) is 0 Å². The van der Waals surface area contributed by atoms with Crippen LogP contribution in [-0.2, 0) is 0 Å². The summed E-state index contributed by atoms with van der Waals surface area (Å²) in [6, 6.07) is 9.86. The van der Waals surface area contributed by atoms with Crippen LogP contribution in [0.15, 0.2) is 55.1 Å². The van der Waals surface area contributed by atoms with Crippen LogP contribution >= 0.6 is 0 Å². The summed E-state index contributed by atoms with van der Waals surface area (Å²) in [6.45, 7) is 1.98. The van der Waals surface area contributed by atoms with Gasteiger partial charge >= 0.3 is 0 Å². The third-order valence-corrected chi connectivity index (χ3v) is 4.37. The Balaban J connectivity index is 1.82. The maximum atomic E-state index is 4.89. The van der Waals surface area contributed by atoms with E-state index < -0.39 is 0 Å². The standard InChI is InChI=1S/C19H14N6/c1-11-12(4-2-7-21-11)19-24-16-13-6-9-20-10-15(13)23-18-14(17(16)25-19)5-3-8-22-18/h2-10H,1H3,(H,22,23)(H,24,25). The Morgan fingerprint density at radius 3 is 2.60 bits per heavy atom. The summed E-state index contributed by atoms with van der Waals surface area (Å²) in [4.78, 5) is 21.4. The Labute approximate surface area is 144 Å². The first kappa shape index (κ1) is 13.9. The van der Waals surface area contributed by atoms with Crippen molar-refractivity contribution >= 4 is 11.5 Å². The first-order chi connectivity index (χ1) is 12.3. The molecule has 5 heterocycles. The molecule has 0 spiro atoms. The molecule has 0 aromatic carbocycles. The second-order valence-electron chi connectivity index (χ2n) is 5.89. The van der Waals surface area contributed by atoms with E-state index in [1.54, 1.807) is 24.8 Å². The Morgan fingerprint density at radius 2 is 1.72 bits per heavy atom. The van der Waals surface area contributed by atoms with E-state index in [2.05, 4.69) is 25.3 Å². The van der Waals surface area contributed by atoms with Gasteiger partial charge in [-0.15, -0.1) is 0 Å². The predicted octanol–water partition coefficient (Wildman–Crippen LogP) is 3.96. The minimum atomic E-state index is 0.774. The average molecular weight is 326 g/mol. The first-order valence-electron chi connectivity index (χ1n) is 8.00. The molecule has 4 aromatic rings. The highest BCUT2D eigenvalue weighted by atomic mass is 15.0. The number of imidazole rings is 1. The van der Waals surface area contributed by atoms with E-state index in [0.29, 0.717) is 0 Å². The van der Waals surface area contributed by atoms with Crippen molar-refractivity contribution < 1.29 is 0 Å². The molecule has 0 saturated carbocycles. The molecule has 0 unspecified atom stereocenters. The predicted molar refractivity (Wildman–Crippen MR) is 96.3 cm³/mol. The number of anilines is 2. The van der Waals surface area contributed by atoms with Gasteiger partial charge in [-0.3, -0.25) is 9.97 Å². The summed E-state index contributed by atoms with van der Waals surface area (Å²) in [5.41, 5.74) is 6.63. The smallest absolute Gasteiger partial charge is 0.140 e. The maximum absolute atomic E-state index is 4.89. The van der Waals surface area contributed by atoms with Crippen LogP contribution in [-0.4, -0.2) is 24.9 Å². The molecule has 0 atom stereocenters.